The lowest BCUT2D eigenvalue weighted by atomic mass is 10.1. The van der Waals surface area contributed by atoms with Crippen molar-refractivity contribution in [3.8, 4) is 0 Å². The summed E-state index contributed by atoms with van der Waals surface area (Å²) in [5.74, 6) is 0.432. The van der Waals surface area contributed by atoms with Gasteiger partial charge in [-0.05, 0) is 49.7 Å². The first kappa shape index (κ1) is 13.9. The van der Waals surface area contributed by atoms with Crippen LogP contribution in [0, 0.1) is 5.82 Å². The number of aromatic nitrogens is 2. The molecule has 2 aromatic rings. The third-order valence-corrected chi connectivity index (χ3v) is 3.86. The molecule has 0 amide bonds. The molecule has 0 saturated carbocycles. The number of likely N-dealkylation sites (tertiary alicyclic amines) is 1. The smallest absolute Gasteiger partial charge is 0.222 e. The monoisotopic (exact) mass is 286 g/mol. The van der Waals surface area contributed by atoms with Crippen LogP contribution >= 0.6 is 0 Å². The summed E-state index contributed by atoms with van der Waals surface area (Å²) in [7, 11) is 0. The molecule has 2 heterocycles. The zero-order valence-electron chi connectivity index (χ0n) is 11.9. The maximum Gasteiger partial charge on any atom is 0.222 e. The highest BCUT2D eigenvalue weighted by atomic mass is 19.1. The number of hydrogen-bond donors (Lipinski definition) is 1. The van der Waals surface area contributed by atoms with Crippen LogP contribution in [0.5, 0.6) is 0 Å². The van der Waals surface area contributed by atoms with E-state index in [0.29, 0.717) is 5.95 Å². The van der Waals surface area contributed by atoms with Gasteiger partial charge in [-0.25, -0.2) is 14.4 Å². The van der Waals surface area contributed by atoms with Crippen molar-refractivity contribution in [3.63, 3.8) is 0 Å². The molecule has 1 fully saturated rings. The number of benzene rings is 1. The molecule has 0 aliphatic carbocycles. The third-order valence-electron chi connectivity index (χ3n) is 3.86. The lowest BCUT2D eigenvalue weighted by Gasteiger charge is -2.28. The summed E-state index contributed by atoms with van der Waals surface area (Å²) < 4.78 is 13.1. The zero-order valence-corrected chi connectivity index (χ0v) is 11.9. The zero-order chi connectivity index (χ0) is 14.5. The van der Waals surface area contributed by atoms with Crippen LogP contribution in [-0.4, -0.2) is 34.5 Å². The van der Waals surface area contributed by atoms with E-state index >= 15 is 0 Å². The van der Waals surface area contributed by atoms with Gasteiger partial charge in [0.1, 0.15) is 5.82 Å². The van der Waals surface area contributed by atoms with Crippen molar-refractivity contribution in [2.24, 2.45) is 0 Å². The molecule has 3 rings (SSSR count). The van der Waals surface area contributed by atoms with E-state index in [1.807, 2.05) is 12.1 Å². The highest BCUT2D eigenvalue weighted by molar-refractivity contribution is 5.27. The number of nitrogens with zero attached hydrogens (tertiary/aromatic N) is 3. The Bertz CT molecular complexity index is 552. The molecule has 1 saturated heterocycles. The molecule has 4 nitrogen and oxygen atoms in total. The maximum atomic E-state index is 13.1. The summed E-state index contributed by atoms with van der Waals surface area (Å²) in [6.07, 6.45) is 5.88. The van der Waals surface area contributed by atoms with Crippen molar-refractivity contribution in [3.05, 3.63) is 54.1 Å². The summed E-state index contributed by atoms with van der Waals surface area (Å²) in [5, 5.41) is 3.28. The van der Waals surface area contributed by atoms with Crippen LogP contribution in [0.25, 0.3) is 0 Å². The Balaban J connectivity index is 1.74. The van der Waals surface area contributed by atoms with Crippen LogP contribution in [-0.2, 0) is 0 Å². The van der Waals surface area contributed by atoms with Crippen molar-refractivity contribution in [2.75, 3.05) is 25.0 Å². The van der Waals surface area contributed by atoms with Crippen LogP contribution in [0.15, 0.2) is 42.7 Å². The maximum absolute atomic E-state index is 13.1. The Labute approximate surface area is 124 Å². The topological polar surface area (TPSA) is 41.1 Å². The molecule has 1 aromatic carbocycles. The molecule has 110 valence electrons. The average molecular weight is 286 g/mol. The predicted molar refractivity (Wildman–Crippen MR) is 80.5 cm³/mol. The fourth-order valence-corrected chi connectivity index (χ4v) is 2.77. The molecule has 0 unspecified atom stereocenters. The minimum atomic E-state index is -0.196. The minimum absolute atomic E-state index is 0.196. The SMILES string of the molecule is Fc1ccc([C@H](CNc2ncccn2)N2CCCC2)cc1. The van der Waals surface area contributed by atoms with Crippen molar-refractivity contribution in [2.45, 2.75) is 18.9 Å². The van der Waals surface area contributed by atoms with Crippen molar-refractivity contribution < 1.29 is 4.39 Å². The Hall–Kier alpha value is -2.01. The first-order chi connectivity index (χ1) is 10.3. The second kappa shape index (κ2) is 6.63. The van der Waals surface area contributed by atoms with Crippen molar-refractivity contribution >= 4 is 5.95 Å². The van der Waals surface area contributed by atoms with E-state index in [0.717, 1.165) is 25.2 Å². The minimum Gasteiger partial charge on any atom is -0.352 e. The van der Waals surface area contributed by atoms with Crippen molar-refractivity contribution in [1.29, 1.82) is 0 Å². The molecule has 1 atom stereocenters. The van der Waals surface area contributed by atoms with E-state index < -0.39 is 0 Å². The van der Waals surface area contributed by atoms with Gasteiger partial charge in [0, 0.05) is 18.9 Å². The number of nitrogens with one attached hydrogen (secondary N) is 1. The van der Waals surface area contributed by atoms with Gasteiger partial charge >= 0.3 is 0 Å². The fourth-order valence-electron chi connectivity index (χ4n) is 2.77. The van der Waals surface area contributed by atoms with Crippen LogP contribution in [0.4, 0.5) is 10.3 Å². The second-order valence-corrected chi connectivity index (χ2v) is 5.26. The molecule has 0 radical (unpaired) electrons. The molecule has 1 N–H and O–H groups in total. The largest absolute Gasteiger partial charge is 0.352 e. The lowest BCUT2D eigenvalue weighted by Crippen LogP contribution is -2.31. The molecule has 1 aliphatic heterocycles. The second-order valence-electron chi connectivity index (χ2n) is 5.26. The van der Waals surface area contributed by atoms with Gasteiger partial charge in [0.05, 0.1) is 6.04 Å². The predicted octanol–water partition coefficient (Wildman–Crippen LogP) is 2.86. The van der Waals surface area contributed by atoms with Crippen LogP contribution in [0.1, 0.15) is 24.4 Å². The molecule has 1 aliphatic rings. The first-order valence-electron chi connectivity index (χ1n) is 7.33. The number of anilines is 1. The number of rotatable bonds is 5. The van der Waals surface area contributed by atoms with E-state index in [1.165, 1.54) is 25.0 Å². The van der Waals surface area contributed by atoms with E-state index in [1.54, 1.807) is 18.5 Å². The van der Waals surface area contributed by atoms with Crippen LogP contribution < -0.4 is 5.32 Å². The molecular formula is C16H19FN4. The lowest BCUT2D eigenvalue weighted by molar-refractivity contribution is 0.255. The van der Waals surface area contributed by atoms with E-state index in [4.69, 9.17) is 0 Å². The third kappa shape index (κ3) is 3.55. The van der Waals surface area contributed by atoms with Gasteiger partial charge < -0.3 is 5.32 Å². The average Bonchev–Trinajstić information content (AvgIpc) is 3.04. The van der Waals surface area contributed by atoms with E-state index in [9.17, 15) is 4.39 Å². The van der Waals surface area contributed by atoms with Gasteiger partial charge in [-0.3, -0.25) is 4.90 Å². The van der Waals surface area contributed by atoms with Crippen LogP contribution in [0.2, 0.25) is 0 Å². The van der Waals surface area contributed by atoms with Gasteiger partial charge in [-0.2, -0.15) is 0 Å². The molecule has 21 heavy (non-hydrogen) atoms. The van der Waals surface area contributed by atoms with Gasteiger partial charge in [0.25, 0.3) is 0 Å². The summed E-state index contributed by atoms with van der Waals surface area (Å²) in [6, 6.07) is 8.80. The first-order valence-corrected chi connectivity index (χ1v) is 7.33. The summed E-state index contributed by atoms with van der Waals surface area (Å²) >= 11 is 0. The highest BCUT2D eigenvalue weighted by Crippen LogP contribution is 2.25. The molecule has 0 spiro atoms. The van der Waals surface area contributed by atoms with E-state index in [2.05, 4.69) is 20.2 Å². The summed E-state index contributed by atoms with van der Waals surface area (Å²) in [6.45, 7) is 2.88. The fraction of sp³-hybridized carbons (Fsp3) is 0.375. The van der Waals surface area contributed by atoms with Gasteiger partial charge in [-0.1, -0.05) is 12.1 Å². The van der Waals surface area contributed by atoms with E-state index in [-0.39, 0.29) is 11.9 Å². The Morgan fingerprint density at radius 1 is 1.10 bits per heavy atom. The highest BCUT2D eigenvalue weighted by Gasteiger charge is 2.23. The molecule has 5 heteroatoms. The molecule has 1 aromatic heterocycles. The molecule has 0 bridgehead atoms. The Morgan fingerprint density at radius 2 is 1.76 bits per heavy atom. The Kier molecular flexibility index (Phi) is 4.40. The van der Waals surface area contributed by atoms with Crippen LogP contribution in [0.3, 0.4) is 0 Å². The van der Waals surface area contributed by atoms with Gasteiger partial charge in [0.2, 0.25) is 5.95 Å². The van der Waals surface area contributed by atoms with Gasteiger partial charge in [0.15, 0.2) is 0 Å². The van der Waals surface area contributed by atoms with Gasteiger partial charge in [-0.15, -0.1) is 0 Å². The summed E-state index contributed by atoms with van der Waals surface area (Å²) in [4.78, 5) is 10.8. The quantitative estimate of drug-likeness (QED) is 0.917. The van der Waals surface area contributed by atoms with Crippen molar-refractivity contribution in [1.82, 2.24) is 14.9 Å². The normalized spacial score (nSPS) is 16.8. The number of halogens is 1. The molecular weight excluding hydrogens is 267 g/mol. The number of hydrogen-bond acceptors (Lipinski definition) is 4. The standard InChI is InChI=1S/C16H19FN4/c17-14-6-4-13(5-7-14)15(21-10-1-2-11-21)12-20-16-18-8-3-9-19-16/h3-9,15H,1-2,10-12H2,(H,18,19,20)/t15-/m0/s1. The Morgan fingerprint density at radius 3 is 2.43 bits per heavy atom. The summed E-state index contributed by atoms with van der Waals surface area (Å²) in [5.41, 5.74) is 1.13.